The highest BCUT2D eigenvalue weighted by Gasteiger charge is 2.34. The van der Waals surface area contributed by atoms with Gasteiger partial charge in [0.2, 0.25) is 0 Å². The minimum Gasteiger partial charge on any atom is -0.392 e. The number of nitrogens with zero attached hydrogens (tertiary/aromatic N) is 1. The van der Waals surface area contributed by atoms with E-state index in [9.17, 15) is 14.7 Å². The summed E-state index contributed by atoms with van der Waals surface area (Å²) < 4.78 is 6.86. The first-order valence-electron chi connectivity index (χ1n) is 5.75. The second kappa shape index (κ2) is 4.88. The van der Waals surface area contributed by atoms with Crippen LogP contribution < -0.4 is 11.2 Å². The van der Waals surface area contributed by atoms with Gasteiger partial charge in [0, 0.05) is 11.8 Å². The molecular formula is C13H14N2O4. The molecule has 2 atom stereocenters. The standard InChI is InChI=1S/C13H14N2O4/c1-3-5-13(8-16)6-4-10(19-13)15-7-9(2)11(17)14-12(15)18/h4,6-7,10,16H,8H2,1-2H3,(H,14,17,18)/t10-,13-/m1/s1. The number of aliphatic hydroxyl groups is 1. The number of hydrogen-bond acceptors (Lipinski definition) is 4. The zero-order valence-electron chi connectivity index (χ0n) is 10.6. The molecule has 0 saturated heterocycles. The molecule has 2 heterocycles. The largest absolute Gasteiger partial charge is 0.392 e. The van der Waals surface area contributed by atoms with E-state index < -0.39 is 23.1 Å². The van der Waals surface area contributed by atoms with E-state index in [1.165, 1.54) is 10.8 Å². The number of ether oxygens (including phenoxy) is 1. The Morgan fingerprint density at radius 2 is 2.32 bits per heavy atom. The molecule has 0 saturated carbocycles. The molecule has 2 rings (SSSR count). The second-order valence-electron chi connectivity index (χ2n) is 4.27. The third kappa shape index (κ3) is 2.38. The van der Waals surface area contributed by atoms with Crippen LogP contribution in [0.4, 0.5) is 0 Å². The third-order valence-electron chi connectivity index (χ3n) is 2.85. The number of rotatable bonds is 2. The molecule has 2 N–H and O–H groups in total. The summed E-state index contributed by atoms with van der Waals surface area (Å²) in [5.74, 6) is 5.43. The lowest BCUT2D eigenvalue weighted by atomic mass is 10.1. The third-order valence-corrected chi connectivity index (χ3v) is 2.85. The summed E-state index contributed by atoms with van der Waals surface area (Å²) in [6.45, 7) is 2.93. The number of hydrogen-bond donors (Lipinski definition) is 2. The van der Waals surface area contributed by atoms with Gasteiger partial charge in [0.05, 0.1) is 6.61 Å². The summed E-state index contributed by atoms with van der Waals surface area (Å²) in [5.41, 5.74) is -1.68. The van der Waals surface area contributed by atoms with Crippen LogP contribution >= 0.6 is 0 Å². The first-order chi connectivity index (χ1) is 9.01. The van der Waals surface area contributed by atoms with E-state index in [0.29, 0.717) is 5.56 Å². The van der Waals surface area contributed by atoms with Gasteiger partial charge in [-0.1, -0.05) is 5.92 Å². The summed E-state index contributed by atoms with van der Waals surface area (Å²) in [4.78, 5) is 25.2. The lowest BCUT2D eigenvalue weighted by Gasteiger charge is -2.22. The number of aryl methyl sites for hydroxylation is 1. The fraction of sp³-hybridized carbons (Fsp3) is 0.385. The zero-order valence-corrected chi connectivity index (χ0v) is 10.6. The number of aromatic amines is 1. The van der Waals surface area contributed by atoms with Gasteiger partial charge in [0.25, 0.3) is 5.56 Å². The lowest BCUT2D eigenvalue weighted by molar-refractivity contribution is -0.0504. The van der Waals surface area contributed by atoms with Gasteiger partial charge in [-0.05, 0) is 26.0 Å². The van der Waals surface area contributed by atoms with E-state index in [4.69, 9.17) is 4.74 Å². The van der Waals surface area contributed by atoms with Crippen molar-refractivity contribution in [2.75, 3.05) is 6.61 Å². The topological polar surface area (TPSA) is 84.3 Å². The molecule has 0 amide bonds. The van der Waals surface area contributed by atoms with Crippen molar-refractivity contribution in [3.63, 3.8) is 0 Å². The quantitative estimate of drug-likeness (QED) is 0.565. The van der Waals surface area contributed by atoms with Crippen LogP contribution in [0.1, 0.15) is 18.7 Å². The summed E-state index contributed by atoms with van der Waals surface area (Å²) in [7, 11) is 0. The molecule has 6 heteroatoms. The van der Waals surface area contributed by atoms with E-state index >= 15 is 0 Å². The molecule has 0 unspecified atom stereocenters. The molecule has 19 heavy (non-hydrogen) atoms. The maximum absolute atomic E-state index is 11.7. The minimum atomic E-state index is -1.09. The van der Waals surface area contributed by atoms with Gasteiger partial charge < -0.3 is 9.84 Å². The van der Waals surface area contributed by atoms with Crippen molar-refractivity contribution in [2.24, 2.45) is 0 Å². The fourth-order valence-corrected chi connectivity index (χ4v) is 1.87. The number of nitrogens with one attached hydrogen (secondary N) is 1. The molecule has 0 fully saturated rings. The molecule has 100 valence electrons. The summed E-state index contributed by atoms with van der Waals surface area (Å²) in [6.07, 6.45) is 3.96. The Labute approximate surface area is 109 Å². The molecule has 0 radical (unpaired) electrons. The molecule has 0 aromatic carbocycles. The Morgan fingerprint density at radius 1 is 1.58 bits per heavy atom. The molecule has 1 aromatic rings. The number of aromatic nitrogens is 2. The monoisotopic (exact) mass is 262 g/mol. The highest BCUT2D eigenvalue weighted by Crippen LogP contribution is 2.28. The van der Waals surface area contributed by atoms with Crippen molar-refractivity contribution in [3.8, 4) is 11.8 Å². The van der Waals surface area contributed by atoms with Crippen LogP contribution in [0.25, 0.3) is 0 Å². The van der Waals surface area contributed by atoms with Crippen LogP contribution in [-0.4, -0.2) is 26.9 Å². The van der Waals surface area contributed by atoms with E-state index in [1.54, 1.807) is 26.0 Å². The van der Waals surface area contributed by atoms with Gasteiger partial charge in [-0.3, -0.25) is 14.3 Å². The van der Waals surface area contributed by atoms with Gasteiger partial charge in [-0.2, -0.15) is 0 Å². The van der Waals surface area contributed by atoms with Crippen LogP contribution in [0, 0.1) is 18.8 Å². The normalized spacial score (nSPS) is 25.1. The fourth-order valence-electron chi connectivity index (χ4n) is 1.87. The van der Waals surface area contributed by atoms with Gasteiger partial charge in [-0.25, -0.2) is 4.79 Å². The molecule has 0 aliphatic carbocycles. The van der Waals surface area contributed by atoms with E-state index in [0.717, 1.165) is 0 Å². The van der Waals surface area contributed by atoms with Crippen molar-refractivity contribution in [1.82, 2.24) is 9.55 Å². The van der Waals surface area contributed by atoms with Crippen molar-refractivity contribution >= 4 is 0 Å². The Morgan fingerprint density at radius 3 is 2.95 bits per heavy atom. The Hall–Kier alpha value is -2.10. The van der Waals surface area contributed by atoms with Crippen molar-refractivity contribution in [3.05, 3.63) is 44.8 Å². The Kier molecular flexibility index (Phi) is 3.42. The molecular weight excluding hydrogens is 248 g/mol. The van der Waals surface area contributed by atoms with Crippen LogP contribution in [0.3, 0.4) is 0 Å². The Balaban J connectivity index is 2.39. The van der Waals surface area contributed by atoms with Crippen molar-refractivity contribution < 1.29 is 9.84 Å². The SMILES string of the molecule is CC#C[C@]1(CO)C=C[C@H](n2cc(C)c(=O)[nH]c2=O)O1. The highest BCUT2D eigenvalue weighted by molar-refractivity contribution is 5.27. The van der Waals surface area contributed by atoms with Crippen LogP contribution in [-0.2, 0) is 4.74 Å². The maximum atomic E-state index is 11.7. The van der Waals surface area contributed by atoms with Crippen LogP contribution in [0.15, 0.2) is 27.9 Å². The van der Waals surface area contributed by atoms with E-state index in [-0.39, 0.29) is 6.61 Å². The molecule has 1 aliphatic heterocycles. The first-order valence-corrected chi connectivity index (χ1v) is 5.75. The Bertz CT molecular complexity index is 689. The smallest absolute Gasteiger partial charge is 0.330 e. The first kappa shape index (κ1) is 13.3. The van der Waals surface area contributed by atoms with Gasteiger partial charge in [-0.15, -0.1) is 5.92 Å². The predicted octanol–water partition coefficient (Wildman–Crippen LogP) is -0.316. The predicted molar refractivity (Wildman–Crippen MR) is 68.6 cm³/mol. The highest BCUT2D eigenvalue weighted by atomic mass is 16.5. The average molecular weight is 262 g/mol. The zero-order chi connectivity index (χ0) is 14.0. The molecule has 1 aromatic heterocycles. The van der Waals surface area contributed by atoms with E-state index in [1.807, 2.05) is 0 Å². The summed E-state index contributed by atoms with van der Waals surface area (Å²) >= 11 is 0. The number of aliphatic hydroxyl groups excluding tert-OH is 1. The second-order valence-corrected chi connectivity index (χ2v) is 4.27. The van der Waals surface area contributed by atoms with Gasteiger partial charge in [0.15, 0.2) is 11.8 Å². The van der Waals surface area contributed by atoms with Crippen LogP contribution in [0.2, 0.25) is 0 Å². The minimum absolute atomic E-state index is 0.308. The van der Waals surface area contributed by atoms with Crippen molar-refractivity contribution in [1.29, 1.82) is 0 Å². The van der Waals surface area contributed by atoms with Gasteiger partial charge in [0.1, 0.15) is 0 Å². The maximum Gasteiger partial charge on any atom is 0.330 e. The average Bonchev–Trinajstić information content (AvgIpc) is 2.79. The molecule has 0 spiro atoms. The molecule has 0 bridgehead atoms. The number of H-pyrrole nitrogens is 1. The van der Waals surface area contributed by atoms with Crippen molar-refractivity contribution in [2.45, 2.75) is 25.7 Å². The van der Waals surface area contributed by atoms with E-state index in [2.05, 4.69) is 16.8 Å². The lowest BCUT2D eigenvalue weighted by Crippen LogP contribution is -2.36. The van der Waals surface area contributed by atoms with Gasteiger partial charge >= 0.3 is 5.69 Å². The summed E-state index contributed by atoms with van der Waals surface area (Å²) in [5, 5.41) is 9.36. The van der Waals surface area contributed by atoms with Crippen LogP contribution in [0.5, 0.6) is 0 Å². The summed E-state index contributed by atoms with van der Waals surface area (Å²) in [6, 6.07) is 0. The molecule has 6 nitrogen and oxygen atoms in total. The molecule has 1 aliphatic rings.